The van der Waals surface area contributed by atoms with Crippen molar-refractivity contribution < 1.29 is 9.18 Å². The van der Waals surface area contributed by atoms with Crippen LogP contribution in [0.15, 0.2) is 48.5 Å². The summed E-state index contributed by atoms with van der Waals surface area (Å²) >= 11 is 10.9. The molecule has 0 fully saturated rings. The van der Waals surface area contributed by atoms with Gasteiger partial charge in [-0.1, -0.05) is 29.8 Å². The Hall–Kier alpha value is -1.98. The topological polar surface area (TPSA) is 41.1 Å². The van der Waals surface area contributed by atoms with E-state index in [4.69, 9.17) is 23.8 Å². The van der Waals surface area contributed by atoms with Crippen LogP contribution in [0, 0.1) is 5.82 Å². The van der Waals surface area contributed by atoms with Crippen LogP contribution < -0.4 is 10.6 Å². The minimum atomic E-state index is -0.445. The Morgan fingerprint density at radius 1 is 1.15 bits per heavy atom. The van der Waals surface area contributed by atoms with Crippen LogP contribution in [0.25, 0.3) is 0 Å². The average Bonchev–Trinajstić information content (AvgIpc) is 2.43. The molecule has 0 heterocycles. The molecule has 3 nitrogen and oxygen atoms in total. The number of carbonyl (C=O) groups is 1. The zero-order valence-corrected chi connectivity index (χ0v) is 11.8. The van der Waals surface area contributed by atoms with Gasteiger partial charge in [-0.15, -0.1) is 0 Å². The third kappa shape index (κ3) is 3.76. The van der Waals surface area contributed by atoms with E-state index in [-0.39, 0.29) is 16.0 Å². The second-order valence-corrected chi connectivity index (χ2v) is 4.71. The number of halogens is 2. The summed E-state index contributed by atoms with van der Waals surface area (Å²) in [5, 5.41) is 5.53. The van der Waals surface area contributed by atoms with Gasteiger partial charge in [0.05, 0.1) is 10.7 Å². The van der Waals surface area contributed by atoms with Crippen molar-refractivity contribution in [3.8, 4) is 0 Å². The molecule has 0 saturated heterocycles. The standard InChI is InChI=1S/C14H10ClFN2OS/c15-11-8-10(16)6-7-12(11)17-14(20)18-13(19)9-4-2-1-3-5-9/h1-8H,(H2,17,18,19,20). The molecule has 1 amide bonds. The lowest BCUT2D eigenvalue weighted by atomic mass is 10.2. The summed E-state index contributed by atoms with van der Waals surface area (Å²) in [4.78, 5) is 11.9. The first-order valence-corrected chi connectivity index (χ1v) is 6.47. The molecule has 0 spiro atoms. The third-order valence-electron chi connectivity index (χ3n) is 2.44. The molecule has 0 aliphatic rings. The zero-order chi connectivity index (χ0) is 14.5. The van der Waals surface area contributed by atoms with Gasteiger partial charge in [0.1, 0.15) is 5.82 Å². The van der Waals surface area contributed by atoms with E-state index in [1.54, 1.807) is 24.3 Å². The monoisotopic (exact) mass is 308 g/mol. The summed E-state index contributed by atoms with van der Waals surface area (Å²) in [6.45, 7) is 0. The second kappa shape index (κ2) is 6.45. The maximum Gasteiger partial charge on any atom is 0.257 e. The minimum Gasteiger partial charge on any atom is -0.331 e. The number of rotatable bonds is 2. The van der Waals surface area contributed by atoms with Gasteiger partial charge in [-0.2, -0.15) is 0 Å². The number of nitrogens with one attached hydrogen (secondary N) is 2. The summed E-state index contributed by atoms with van der Waals surface area (Å²) in [5.74, 6) is -0.777. The lowest BCUT2D eigenvalue weighted by molar-refractivity contribution is 0.0977. The molecule has 6 heteroatoms. The fraction of sp³-hybridized carbons (Fsp3) is 0. The zero-order valence-electron chi connectivity index (χ0n) is 10.2. The van der Waals surface area contributed by atoms with E-state index in [1.807, 2.05) is 6.07 Å². The van der Waals surface area contributed by atoms with E-state index < -0.39 is 5.82 Å². The maximum absolute atomic E-state index is 12.9. The lowest BCUT2D eigenvalue weighted by Gasteiger charge is -2.10. The van der Waals surface area contributed by atoms with Crippen molar-refractivity contribution in [3.05, 3.63) is 64.9 Å². The molecule has 102 valence electrons. The number of hydrogen-bond donors (Lipinski definition) is 2. The fourth-order valence-electron chi connectivity index (χ4n) is 1.51. The fourth-order valence-corrected chi connectivity index (χ4v) is 1.93. The van der Waals surface area contributed by atoms with Crippen LogP contribution in [0.5, 0.6) is 0 Å². The van der Waals surface area contributed by atoms with Crippen molar-refractivity contribution in [1.82, 2.24) is 5.32 Å². The van der Waals surface area contributed by atoms with Crippen LogP contribution in [0.4, 0.5) is 10.1 Å². The van der Waals surface area contributed by atoms with Crippen molar-refractivity contribution in [2.75, 3.05) is 5.32 Å². The van der Waals surface area contributed by atoms with Crippen LogP contribution in [-0.4, -0.2) is 11.0 Å². The Balaban J connectivity index is 2.01. The van der Waals surface area contributed by atoms with Gasteiger partial charge in [0.25, 0.3) is 5.91 Å². The van der Waals surface area contributed by atoms with Crippen molar-refractivity contribution in [2.45, 2.75) is 0 Å². The number of benzene rings is 2. The Morgan fingerprint density at radius 3 is 2.50 bits per heavy atom. The van der Waals surface area contributed by atoms with Crippen molar-refractivity contribution in [2.24, 2.45) is 0 Å². The Kier molecular flexibility index (Phi) is 4.65. The molecule has 0 atom stereocenters. The lowest BCUT2D eigenvalue weighted by Crippen LogP contribution is -2.34. The quantitative estimate of drug-likeness (QED) is 0.833. The summed E-state index contributed by atoms with van der Waals surface area (Å²) in [6.07, 6.45) is 0. The predicted octanol–water partition coefficient (Wildman–Crippen LogP) is 3.61. The maximum atomic E-state index is 12.9. The number of thiocarbonyl (C=S) groups is 1. The predicted molar refractivity (Wildman–Crippen MR) is 81.5 cm³/mol. The molecule has 2 rings (SSSR count). The summed E-state index contributed by atoms with van der Waals surface area (Å²) in [5.41, 5.74) is 0.910. The third-order valence-corrected chi connectivity index (χ3v) is 2.96. The van der Waals surface area contributed by atoms with E-state index >= 15 is 0 Å². The van der Waals surface area contributed by atoms with Crippen LogP contribution in [0.3, 0.4) is 0 Å². The highest BCUT2D eigenvalue weighted by molar-refractivity contribution is 7.80. The first-order valence-electron chi connectivity index (χ1n) is 5.68. The number of amides is 1. The van der Waals surface area contributed by atoms with Gasteiger partial charge in [0.15, 0.2) is 5.11 Å². The molecule has 2 aromatic rings. The summed E-state index contributed by atoms with van der Waals surface area (Å²) in [7, 11) is 0. The molecule has 0 aromatic heterocycles. The molecular formula is C14H10ClFN2OS. The molecule has 0 aliphatic carbocycles. The van der Waals surface area contributed by atoms with Crippen LogP contribution in [-0.2, 0) is 0 Å². The minimum absolute atomic E-state index is 0.0901. The molecule has 0 aliphatic heterocycles. The number of carbonyl (C=O) groups excluding carboxylic acids is 1. The van der Waals surface area contributed by atoms with Gasteiger partial charge in [-0.3, -0.25) is 10.1 Å². The first kappa shape index (κ1) is 14.4. The highest BCUT2D eigenvalue weighted by atomic mass is 35.5. The molecule has 20 heavy (non-hydrogen) atoms. The smallest absolute Gasteiger partial charge is 0.257 e. The Labute approximate surface area is 125 Å². The number of anilines is 1. The SMILES string of the molecule is O=C(NC(=S)Nc1ccc(F)cc1Cl)c1ccccc1. The summed E-state index contributed by atoms with van der Waals surface area (Å²) in [6, 6.07) is 12.5. The van der Waals surface area contributed by atoms with E-state index in [1.165, 1.54) is 12.1 Å². The van der Waals surface area contributed by atoms with Gasteiger partial charge >= 0.3 is 0 Å². The van der Waals surface area contributed by atoms with E-state index in [0.717, 1.165) is 6.07 Å². The van der Waals surface area contributed by atoms with Gasteiger partial charge in [0, 0.05) is 5.56 Å². The second-order valence-electron chi connectivity index (χ2n) is 3.90. The average molecular weight is 309 g/mol. The van der Waals surface area contributed by atoms with Crippen LogP contribution in [0.2, 0.25) is 5.02 Å². The van der Waals surface area contributed by atoms with Gasteiger partial charge in [0.2, 0.25) is 0 Å². The molecule has 2 aromatic carbocycles. The molecule has 0 saturated carbocycles. The highest BCUT2D eigenvalue weighted by Crippen LogP contribution is 2.22. The Morgan fingerprint density at radius 2 is 1.85 bits per heavy atom. The molecule has 0 unspecified atom stereocenters. The van der Waals surface area contributed by atoms with Gasteiger partial charge in [-0.05, 0) is 42.5 Å². The van der Waals surface area contributed by atoms with Crippen molar-refractivity contribution >= 4 is 40.5 Å². The Bertz CT molecular complexity index is 649. The molecule has 2 N–H and O–H groups in total. The first-order chi connectivity index (χ1) is 9.56. The van der Waals surface area contributed by atoms with Gasteiger partial charge in [-0.25, -0.2) is 4.39 Å². The summed E-state index contributed by atoms with van der Waals surface area (Å²) < 4.78 is 12.9. The molecule has 0 radical (unpaired) electrons. The van der Waals surface area contributed by atoms with Crippen LogP contribution in [0.1, 0.15) is 10.4 Å². The van der Waals surface area contributed by atoms with Gasteiger partial charge < -0.3 is 5.32 Å². The van der Waals surface area contributed by atoms with E-state index in [9.17, 15) is 9.18 Å². The molecule has 0 bridgehead atoms. The normalized spacial score (nSPS) is 9.90. The van der Waals surface area contributed by atoms with Crippen molar-refractivity contribution in [1.29, 1.82) is 0 Å². The van der Waals surface area contributed by atoms with E-state index in [0.29, 0.717) is 11.3 Å². The number of hydrogen-bond acceptors (Lipinski definition) is 2. The van der Waals surface area contributed by atoms with E-state index in [2.05, 4.69) is 10.6 Å². The largest absolute Gasteiger partial charge is 0.331 e. The van der Waals surface area contributed by atoms with Crippen molar-refractivity contribution in [3.63, 3.8) is 0 Å². The van der Waals surface area contributed by atoms with Crippen LogP contribution >= 0.6 is 23.8 Å². The molecular weight excluding hydrogens is 299 g/mol. The highest BCUT2D eigenvalue weighted by Gasteiger charge is 2.08.